The first-order valence-electron chi connectivity index (χ1n) is 9.10. The molecular formula is C22H23NO5. The van der Waals surface area contributed by atoms with Crippen LogP contribution in [-0.4, -0.2) is 30.1 Å². The number of hydrogen-bond acceptors (Lipinski definition) is 4. The molecule has 0 saturated heterocycles. The number of ether oxygens (including phenoxy) is 1. The van der Waals surface area contributed by atoms with Crippen LogP contribution < -0.4 is 10.1 Å². The number of carbonyl (C=O) groups excluding carboxylic acids is 1. The Morgan fingerprint density at radius 2 is 1.82 bits per heavy atom. The lowest BCUT2D eigenvalue weighted by Gasteiger charge is -2.07. The molecule has 1 amide bonds. The van der Waals surface area contributed by atoms with Crippen molar-refractivity contribution in [3.8, 4) is 5.75 Å². The lowest BCUT2D eigenvalue weighted by Crippen LogP contribution is -2.27. The van der Waals surface area contributed by atoms with Gasteiger partial charge in [0.25, 0.3) is 0 Å². The second-order valence-corrected chi connectivity index (χ2v) is 6.80. The molecule has 0 spiro atoms. The van der Waals surface area contributed by atoms with Gasteiger partial charge >= 0.3 is 5.97 Å². The Labute approximate surface area is 163 Å². The van der Waals surface area contributed by atoms with Crippen LogP contribution in [0.15, 0.2) is 47.1 Å². The molecule has 1 heterocycles. The van der Waals surface area contributed by atoms with Gasteiger partial charge in [-0.05, 0) is 61.2 Å². The number of fused-ring (bicyclic) bond motifs is 1. The topological polar surface area (TPSA) is 88.8 Å². The third-order valence-electron chi connectivity index (χ3n) is 4.64. The van der Waals surface area contributed by atoms with Gasteiger partial charge in [0.2, 0.25) is 5.91 Å². The molecule has 0 aliphatic heterocycles. The maximum absolute atomic E-state index is 12.3. The van der Waals surface area contributed by atoms with Gasteiger partial charge in [0.15, 0.2) is 6.61 Å². The fourth-order valence-electron chi connectivity index (χ4n) is 2.95. The summed E-state index contributed by atoms with van der Waals surface area (Å²) in [6.45, 7) is 4.23. The predicted molar refractivity (Wildman–Crippen MR) is 106 cm³/mol. The van der Waals surface area contributed by atoms with E-state index in [1.54, 1.807) is 18.4 Å². The van der Waals surface area contributed by atoms with E-state index in [1.807, 2.05) is 32.0 Å². The molecule has 0 bridgehead atoms. The Kier molecular flexibility index (Phi) is 5.99. The highest BCUT2D eigenvalue weighted by Gasteiger charge is 2.11. The SMILES string of the molecule is Cc1cc2occ(CC(=O)NCCc3ccc(OCC(=O)O)cc3)c2cc1C. The van der Waals surface area contributed by atoms with Gasteiger partial charge < -0.3 is 19.6 Å². The van der Waals surface area contributed by atoms with Crippen LogP contribution in [0.4, 0.5) is 0 Å². The van der Waals surface area contributed by atoms with Gasteiger partial charge in [-0.3, -0.25) is 4.79 Å². The number of rotatable bonds is 8. The summed E-state index contributed by atoms with van der Waals surface area (Å²) in [7, 11) is 0. The van der Waals surface area contributed by atoms with Crippen LogP contribution in [-0.2, 0) is 22.4 Å². The van der Waals surface area contributed by atoms with E-state index in [0.717, 1.165) is 27.7 Å². The van der Waals surface area contributed by atoms with E-state index >= 15 is 0 Å². The number of carbonyl (C=O) groups is 2. The quantitative estimate of drug-likeness (QED) is 0.624. The number of nitrogens with one attached hydrogen (secondary N) is 1. The van der Waals surface area contributed by atoms with E-state index in [0.29, 0.717) is 18.7 Å². The number of carboxylic acids is 1. The zero-order chi connectivity index (χ0) is 20.1. The molecule has 146 valence electrons. The molecule has 1 aromatic heterocycles. The van der Waals surface area contributed by atoms with Crippen molar-refractivity contribution in [2.45, 2.75) is 26.7 Å². The van der Waals surface area contributed by atoms with Crippen molar-refractivity contribution in [3.05, 3.63) is 64.9 Å². The Balaban J connectivity index is 1.50. The minimum atomic E-state index is -1.01. The number of carboxylic acid groups (broad SMARTS) is 1. The summed E-state index contributed by atoms with van der Waals surface area (Å²) >= 11 is 0. The molecule has 3 rings (SSSR count). The smallest absolute Gasteiger partial charge is 0.341 e. The van der Waals surface area contributed by atoms with Crippen LogP contribution in [0.1, 0.15) is 22.3 Å². The number of hydrogen-bond donors (Lipinski definition) is 2. The Bertz CT molecular complexity index is 988. The van der Waals surface area contributed by atoms with Crippen LogP contribution >= 0.6 is 0 Å². The Morgan fingerprint density at radius 1 is 1.11 bits per heavy atom. The standard InChI is InChI=1S/C22H23NO5/c1-14-9-19-17(12-28-20(19)10-15(14)2)11-21(24)23-8-7-16-3-5-18(6-4-16)27-13-22(25)26/h3-6,9-10,12H,7-8,11,13H2,1-2H3,(H,23,24)(H,25,26). The summed E-state index contributed by atoms with van der Waals surface area (Å²) in [6.07, 6.45) is 2.60. The lowest BCUT2D eigenvalue weighted by atomic mass is 10.0. The maximum Gasteiger partial charge on any atom is 0.341 e. The zero-order valence-corrected chi connectivity index (χ0v) is 16.0. The second-order valence-electron chi connectivity index (χ2n) is 6.80. The van der Waals surface area contributed by atoms with Gasteiger partial charge in [0, 0.05) is 17.5 Å². The maximum atomic E-state index is 12.3. The highest BCUT2D eigenvalue weighted by atomic mass is 16.5. The molecule has 3 aromatic rings. The van der Waals surface area contributed by atoms with Crippen molar-refractivity contribution >= 4 is 22.8 Å². The molecule has 0 radical (unpaired) electrons. The molecule has 6 nitrogen and oxygen atoms in total. The predicted octanol–water partition coefficient (Wildman–Crippen LogP) is 3.41. The minimum absolute atomic E-state index is 0.0534. The van der Waals surface area contributed by atoms with Crippen molar-refractivity contribution in [3.63, 3.8) is 0 Å². The summed E-state index contributed by atoms with van der Waals surface area (Å²) in [5.41, 5.74) is 5.05. The normalized spacial score (nSPS) is 10.8. The summed E-state index contributed by atoms with van der Waals surface area (Å²) < 4.78 is 10.7. The van der Waals surface area contributed by atoms with Crippen molar-refractivity contribution in [1.82, 2.24) is 5.32 Å². The van der Waals surface area contributed by atoms with Crippen LogP contribution in [0.5, 0.6) is 5.75 Å². The zero-order valence-electron chi connectivity index (χ0n) is 16.0. The lowest BCUT2D eigenvalue weighted by molar-refractivity contribution is -0.139. The molecule has 0 saturated carbocycles. The van der Waals surface area contributed by atoms with E-state index in [4.69, 9.17) is 14.3 Å². The average molecular weight is 381 g/mol. The third-order valence-corrected chi connectivity index (χ3v) is 4.64. The molecule has 2 aromatic carbocycles. The van der Waals surface area contributed by atoms with Gasteiger partial charge in [-0.1, -0.05) is 12.1 Å². The van der Waals surface area contributed by atoms with E-state index in [1.165, 1.54) is 5.56 Å². The number of aryl methyl sites for hydroxylation is 2. The highest BCUT2D eigenvalue weighted by molar-refractivity contribution is 5.88. The first-order chi connectivity index (χ1) is 13.4. The van der Waals surface area contributed by atoms with E-state index in [2.05, 4.69) is 11.4 Å². The fraction of sp³-hybridized carbons (Fsp3) is 0.273. The van der Waals surface area contributed by atoms with Crippen LogP contribution in [0.25, 0.3) is 11.0 Å². The third kappa shape index (κ3) is 4.91. The molecule has 0 aliphatic carbocycles. The summed E-state index contributed by atoms with van der Waals surface area (Å²) in [6, 6.07) is 11.2. The van der Waals surface area contributed by atoms with Crippen LogP contribution in [0.2, 0.25) is 0 Å². The first-order valence-corrected chi connectivity index (χ1v) is 9.10. The summed E-state index contributed by atoms with van der Waals surface area (Å²) in [5.74, 6) is -0.558. The van der Waals surface area contributed by atoms with Gasteiger partial charge in [0.1, 0.15) is 11.3 Å². The summed E-state index contributed by atoms with van der Waals surface area (Å²) in [5, 5.41) is 12.5. The number of aliphatic carboxylic acids is 1. The number of amides is 1. The molecule has 0 aliphatic rings. The molecule has 28 heavy (non-hydrogen) atoms. The van der Waals surface area contributed by atoms with Crippen LogP contribution in [0, 0.1) is 13.8 Å². The molecule has 2 N–H and O–H groups in total. The van der Waals surface area contributed by atoms with Crippen molar-refractivity contribution in [1.29, 1.82) is 0 Å². The van der Waals surface area contributed by atoms with Gasteiger partial charge in [-0.15, -0.1) is 0 Å². The largest absolute Gasteiger partial charge is 0.482 e. The molecule has 6 heteroatoms. The molecule has 0 atom stereocenters. The molecule has 0 unspecified atom stereocenters. The monoisotopic (exact) mass is 381 g/mol. The fourth-order valence-corrected chi connectivity index (χ4v) is 2.95. The van der Waals surface area contributed by atoms with Gasteiger partial charge in [-0.25, -0.2) is 4.79 Å². The average Bonchev–Trinajstić information content (AvgIpc) is 3.03. The molecular weight excluding hydrogens is 358 g/mol. The van der Waals surface area contributed by atoms with E-state index in [-0.39, 0.29) is 18.9 Å². The number of benzene rings is 2. The van der Waals surface area contributed by atoms with Gasteiger partial charge in [-0.2, -0.15) is 0 Å². The Morgan fingerprint density at radius 3 is 2.54 bits per heavy atom. The first kappa shape index (κ1) is 19.5. The Hall–Kier alpha value is -3.28. The number of furan rings is 1. The molecule has 0 fully saturated rings. The minimum Gasteiger partial charge on any atom is -0.482 e. The van der Waals surface area contributed by atoms with Crippen molar-refractivity contribution in [2.24, 2.45) is 0 Å². The van der Waals surface area contributed by atoms with Gasteiger partial charge in [0.05, 0.1) is 12.7 Å². The summed E-state index contributed by atoms with van der Waals surface area (Å²) in [4.78, 5) is 22.8. The second kappa shape index (κ2) is 8.61. The van der Waals surface area contributed by atoms with E-state index in [9.17, 15) is 9.59 Å². The van der Waals surface area contributed by atoms with E-state index < -0.39 is 5.97 Å². The highest BCUT2D eigenvalue weighted by Crippen LogP contribution is 2.25. The van der Waals surface area contributed by atoms with Crippen LogP contribution in [0.3, 0.4) is 0 Å². The van der Waals surface area contributed by atoms with Crippen molar-refractivity contribution < 1.29 is 23.8 Å². The van der Waals surface area contributed by atoms with Crippen molar-refractivity contribution in [2.75, 3.05) is 13.2 Å².